The molecule has 1 saturated heterocycles. The van der Waals surface area contributed by atoms with Gasteiger partial charge in [-0.15, -0.1) is 0 Å². The van der Waals surface area contributed by atoms with E-state index in [0.717, 1.165) is 35.2 Å². The van der Waals surface area contributed by atoms with Gasteiger partial charge in [-0.2, -0.15) is 0 Å². The van der Waals surface area contributed by atoms with Gasteiger partial charge in [0.05, 0.1) is 11.1 Å². The van der Waals surface area contributed by atoms with Crippen LogP contribution in [-0.2, 0) is 11.3 Å². The molecule has 0 aliphatic carbocycles. The number of benzene rings is 1. The summed E-state index contributed by atoms with van der Waals surface area (Å²) in [5.74, 6) is 0.612. The van der Waals surface area contributed by atoms with Gasteiger partial charge in [-0.25, -0.2) is 0 Å². The third-order valence-electron chi connectivity index (χ3n) is 4.63. The Hall–Kier alpha value is -3.20. The monoisotopic (exact) mass is 386 g/mol. The minimum Gasteiger partial charge on any atom is -0.492 e. The number of hydrogen-bond donors (Lipinski definition) is 0. The van der Waals surface area contributed by atoms with Crippen LogP contribution in [0.5, 0.6) is 5.75 Å². The number of carbonyl (C=O) groups excluding carboxylic acids is 1. The summed E-state index contributed by atoms with van der Waals surface area (Å²) in [4.78, 5) is 38.5. The average molecular weight is 386 g/mol. The van der Waals surface area contributed by atoms with Gasteiger partial charge in [-0.1, -0.05) is 18.2 Å². The number of aromatic nitrogens is 1. The van der Waals surface area contributed by atoms with E-state index in [0.29, 0.717) is 32.8 Å². The van der Waals surface area contributed by atoms with Crippen LogP contribution in [0.25, 0.3) is 0 Å². The highest BCUT2D eigenvalue weighted by Gasteiger charge is 2.22. The van der Waals surface area contributed by atoms with Gasteiger partial charge in [0, 0.05) is 44.9 Å². The third kappa shape index (κ3) is 5.17. The second-order valence-corrected chi connectivity index (χ2v) is 6.49. The molecule has 0 N–H and O–H groups in total. The van der Waals surface area contributed by atoms with Gasteiger partial charge in [-0.05, 0) is 12.1 Å². The molecule has 0 bridgehead atoms. The topological polar surface area (TPSA) is 97.9 Å². The summed E-state index contributed by atoms with van der Waals surface area (Å²) in [6, 6.07) is 11.8. The Bertz CT molecular complexity index is 875. The minimum atomic E-state index is -0.587. The molecule has 0 unspecified atom stereocenters. The minimum absolute atomic E-state index is 0.197. The Morgan fingerprint density at radius 1 is 1.07 bits per heavy atom. The van der Waals surface area contributed by atoms with Crippen molar-refractivity contribution >= 4 is 11.6 Å². The number of para-hydroxylation sites is 1. The second kappa shape index (κ2) is 9.14. The molecule has 1 aliphatic heterocycles. The predicted octanol–water partition coefficient (Wildman–Crippen LogP) is 0.980. The predicted molar refractivity (Wildman–Crippen MR) is 102 cm³/mol. The second-order valence-electron chi connectivity index (χ2n) is 6.49. The highest BCUT2D eigenvalue weighted by atomic mass is 16.6. The van der Waals surface area contributed by atoms with Crippen LogP contribution < -0.4 is 10.3 Å². The molecule has 28 heavy (non-hydrogen) atoms. The van der Waals surface area contributed by atoms with E-state index in [9.17, 15) is 19.7 Å². The number of hydrogen-bond acceptors (Lipinski definition) is 6. The van der Waals surface area contributed by atoms with Gasteiger partial charge in [0.15, 0.2) is 0 Å². The van der Waals surface area contributed by atoms with Crippen molar-refractivity contribution in [3.05, 3.63) is 69.1 Å². The number of amides is 1. The van der Waals surface area contributed by atoms with Crippen molar-refractivity contribution in [1.29, 1.82) is 0 Å². The molecule has 0 radical (unpaired) electrons. The molecule has 0 saturated carbocycles. The molecule has 3 rings (SSSR count). The van der Waals surface area contributed by atoms with E-state index >= 15 is 0 Å². The zero-order valence-electron chi connectivity index (χ0n) is 15.4. The van der Waals surface area contributed by atoms with E-state index in [4.69, 9.17) is 4.74 Å². The van der Waals surface area contributed by atoms with Crippen LogP contribution in [-0.4, -0.2) is 64.5 Å². The molecule has 1 aromatic heterocycles. The van der Waals surface area contributed by atoms with Crippen LogP contribution in [0.3, 0.4) is 0 Å². The fourth-order valence-electron chi connectivity index (χ4n) is 3.03. The maximum absolute atomic E-state index is 12.5. The van der Waals surface area contributed by atoms with Gasteiger partial charge in [0.1, 0.15) is 18.9 Å². The quantitative estimate of drug-likeness (QED) is 0.520. The van der Waals surface area contributed by atoms with Crippen LogP contribution in [0.1, 0.15) is 0 Å². The van der Waals surface area contributed by atoms with Crippen molar-refractivity contribution in [2.75, 3.05) is 39.3 Å². The average Bonchev–Trinajstić information content (AvgIpc) is 2.70. The van der Waals surface area contributed by atoms with Gasteiger partial charge in [-0.3, -0.25) is 29.2 Å². The largest absolute Gasteiger partial charge is 0.492 e. The maximum Gasteiger partial charge on any atom is 0.285 e. The maximum atomic E-state index is 12.5. The number of nitro groups is 1. The first kappa shape index (κ1) is 19.6. The summed E-state index contributed by atoms with van der Waals surface area (Å²) in [7, 11) is 0. The van der Waals surface area contributed by atoms with Crippen molar-refractivity contribution in [3.63, 3.8) is 0 Å². The number of ether oxygens (including phenoxy) is 1. The van der Waals surface area contributed by atoms with E-state index in [2.05, 4.69) is 4.90 Å². The van der Waals surface area contributed by atoms with Crippen molar-refractivity contribution in [3.8, 4) is 5.75 Å². The molecule has 1 amide bonds. The lowest BCUT2D eigenvalue weighted by Gasteiger charge is -2.34. The summed E-state index contributed by atoms with van der Waals surface area (Å²) in [5, 5.41) is 10.8. The smallest absolute Gasteiger partial charge is 0.285 e. The van der Waals surface area contributed by atoms with Crippen molar-refractivity contribution < 1.29 is 14.5 Å². The highest BCUT2D eigenvalue weighted by Crippen LogP contribution is 2.10. The van der Waals surface area contributed by atoms with Gasteiger partial charge >= 0.3 is 0 Å². The Balaban J connectivity index is 1.45. The molecular formula is C19H22N4O5. The van der Waals surface area contributed by atoms with Crippen LogP contribution in [0, 0.1) is 10.1 Å². The lowest BCUT2D eigenvalue weighted by atomic mass is 10.3. The zero-order chi connectivity index (χ0) is 19.9. The van der Waals surface area contributed by atoms with Crippen LogP contribution in [0.2, 0.25) is 0 Å². The SMILES string of the molecule is O=C(Cn1cc([N+](=O)[O-])ccc1=O)N1CCN(CCOc2ccccc2)CC1. The van der Waals surface area contributed by atoms with Crippen LogP contribution in [0.15, 0.2) is 53.5 Å². The van der Waals surface area contributed by atoms with E-state index in [-0.39, 0.29) is 18.1 Å². The summed E-state index contributed by atoms with van der Waals surface area (Å²) >= 11 is 0. The summed E-state index contributed by atoms with van der Waals surface area (Å²) in [5.41, 5.74) is -0.647. The molecule has 0 atom stereocenters. The summed E-state index contributed by atoms with van der Waals surface area (Å²) < 4.78 is 6.77. The molecular weight excluding hydrogens is 364 g/mol. The molecule has 1 fully saturated rings. The molecule has 148 valence electrons. The van der Waals surface area contributed by atoms with Gasteiger partial charge in [0.25, 0.3) is 11.2 Å². The Morgan fingerprint density at radius 2 is 1.79 bits per heavy atom. The number of carbonyl (C=O) groups is 1. The van der Waals surface area contributed by atoms with E-state index in [1.807, 2.05) is 30.3 Å². The van der Waals surface area contributed by atoms with Gasteiger partial charge in [0.2, 0.25) is 5.91 Å². The Labute approximate surface area is 161 Å². The van der Waals surface area contributed by atoms with Crippen molar-refractivity contribution in [2.45, 2.75) is 6.54 Å². The molecule has 0 spiro atoms. The van der Waals surface area contributed by atoms with Crippen LogP contribution in [0.4, 0.5) is 5.69 Å². The van der Waals surface area contributed by atoms with Crippen molar-refractivity contribution in [2.24, 2.45) is 0 Å². The van der Waals surface area contributed by atoms with E-state index < -0.39 is 10.5 Å². The van der Waals surface area contributed by atoms with E-state index in [1.165, 1.54) is 0 Å². The number of nitrogens with zero attached hydrogens (tertiary/aromatic N) is 4. The Morgan fingerprint density at radius 3 is 2.46 bits per heavy atom. The lowest BCUT2D eigenvalue weighted by Crippen LogP contribution is -2.50. The standard InChI is InChI=1S/C19H22N4O5/c24-18-7-6-16(23(26)27)14-22(18)15-19(25)21-10-8-20(9-11-21)12-13-28-17-4-2-1-3-5-17/h1-7,14H,8-13,15H2. The molecule has 1 aromatic carbocycles. The zero-order valence-corrected chi connectivity index (χ0v) is 15.4. The van der Waals surface area contributed by atoms with E-state index in [1.54, 1.807) is 4.90 Å². The molecule has 2 aromatic rings. The first-order chi connectivity index (χ1) is 13.5. The first-order valence-corrected chi connectivity index (χ1v) is 9.06. The molecule has 1 aliphatic rings. The summed E-state index contributed by atoms with van der Waals surface area (Å²) in [6.07, 6.45) is 1.11. The molecule has 2 heterocycles. The van der Waals surface area contributed by atoms with Gasteiger partial charge < -0.3 is 9.64 Å². The normalized spacial score (nSPS) is 14.6. The van der Waals surface area contributed by atoms with Crippen molar-refractivity contribution in [1.82, 2.24) is 14.4 Å². The first-order valence-electron chi connectivity index (χ1n) is 9.06. The fraction of sp³-hybridized carbons (Fsp3) is 0.368. The molecule has 9 nitrogen and oxygen atoms in total. The number of piperazine rings is 1. The number of pyridine rings is 1. The number of rotatable bonds is 7. The highest BCUT2D eigenvalue weighted by molar-refractivity contribution is 5.76. The summed E-state index contributed by atoms with van der Waals surface area (Å²) in [6.45, 7) is 3.67. The van der Waals surface area contributed by atoms with Crippen LogP contribution >= 0.6 is 0 Å². The third-order valence-corrected chi connectivity index (χ3v) is 4.63. The fourth-order valence-corrected chi connectivity index (χ4v) is 3.03. The molecule has 9 heteroatoms. The lowest BCUT2D eigenvalue weighted by molar-refractivity contribution is -0.385. The Kier molecular flexibility index (Phi) is 6.38.